The molecule has 0 fully saturated rings. The number of alkyl halides is 1. The van der Waals surface area contributed by atoms with Crippen molar-refractivity contribution in [1.29, 1.82) is 0 Å². The van der Waals surface area contributed by atoms with E-state index in [1.54, 1.807) is 0 Å². The summed E-state index contributed by atoms with van der Waals surface area (Å²) < 4.78 is 0. The molecule has 0 heterocycles. The maximum Gasteiger partial charge on any atom is 0.227 e. The molecule has 0 saturated heterocycles. The Bertz CT molecular complexity index is 401. The van der Waals surface area contributed by atoms with Crippen molar-refractivity contribution in [2.24, 2.45) is 0 Å². The number of halogens is 1. The summed E-state index contributed by atoms with van der Waals surface area (Å²) in [7, 11) is 0. The van der Waals surface area contributed by atoms with Crippen LogP contribution in [0.1, 0.15) is 37.8 Å². The van der Waals surface area contributed by atoms with E-state index in [0.717, 1.165) is 30.3 Å². The van der Waals surface area contributed by atoms with Crippen LogP contribution in [0.25, 0.3) is 0 Å². The van der Waals surface area contributed by atoms with Crippen molar-refractivity contribution in [1.82, 2.24) is 4.90 Å². The lowest BCUT2D eigenvalue weighted by Crippen LogP contribution is -2.41. The first-order valence-electron chi connectivity index (χ1n) is 7.03. The Balaban J connectivity index is 2.76. The monoisotopic (exact) mass is 325 g/mol. The van der Waals surface area contributed by atoms with E-state index in [0.29, 0.717) is 12.5 Å². The fourth-order valence-corrected chi connectivity index (χ4v) is 2.81. The fourth-order valence-electron chi connectivity index (χ4n) is 2.43. The average Bonchev–Trinajstić information content (AvgIpc) is 2.39. The van der Waals surface area contributed by atoms with Crippen LogP contribution >= 0.6 is 15.9 Å². The van der Waals surface area contributed by atoms with Crippen LogP contribution in [0, 0.1) is 6.92 Å². The van der Waals surface area contributed by atoms with Gasteiger partial charge in [0.2, 0.25) is 5.91 Å². The number of benzene rings is 1. The number of rotatable bonds is 7. The first-order chi connectivity index (χ1) is 9.12. The highest BCUT2D eigenvalue weighted by molar-refractivity contribution is 9.09. The zero-order chi connectivity index (χ0) is 14.3. The number of hydrogen-bond acceptors (Lipinski definition) is 1. The summed E-state index contributed by atoms with van der Waals surface area (Å²) >= 11 is 3.45. The summed E-state index contributed by atoms with van der Waals surface area (Å²) in [4.78, 5) is 14.5. The number of hydrogen-bond donors (Lipinski definition) is 0. The molecule has 1 rings (SSSR count). The van der Waals surface area contributed by atoms with E-state index in [4.69, 9.17) is 0 Å². The molecule has 1 amide bonds. The van der Waals surface area contributed by atoms with Crippen LogP contribution in [-0.4, -0.2) is 28.7 Å². The molecule has 0 aliphatic rings. The lowest BCUT2D eigenvalue weighted by atomic mass is 10.1. The summed E-state index contributed by atoms with van der Waals surface area (Å²) in [5.41, 5.74) is 2.32. The molecular weight excluding hydrogens is 302 g/mol. The second-order valence-electron chi connectivity index (χ2n) is 4.91. The fraction of sp³-hybridized carbons (Fsp3) is 0.562. The molecule has 2 nitrogen and oxygen atoms in total. The number of carbonyl (C=O) groups is 1. The predicted octanol–water partition coefficient (Wildman–Crippen LogP) is 3.95. The summed E-state index contributed by atoms with van der Waals surface area (Å²) in [6, 6.07) is 8.56. The predicted molar refractivity (Wildman–Crippen MR) is 84.8 cm³/mol. The van der Waals surface area contributed by atoms with Crippen LogP contribution in [0.4, 0.5) is 0 Å². The summed E-state index contributed by atoms with van der Waals surface area (Å²) in [5, 5.41) is 0.836. The Kier molecular flexibility index (Phi) is 7.14. The third-order valence-electron chi connectivity index (χ3n) is 3.47. The second-order valence-corrected chi connectivity index (χ2v) is 5.71. The molecule has 0 spiro atoms. The Morgan fingerprint density at radius 2 is 2.00 bits per heavy atom. The zero-order valence-electron chi connectivity index (χ0n) is 12.2. The van der Waals surface area contributed by atoms with Crippen LogP contribution in [-0.2, 0) is 11.2 Å². The van der Waals surface area contributed by atoms with Gasteiger partial charge in [-0.3, -0.25) is 4.79 Å². The van der Waals surface area contributed by atoms with Crippen molar-refractivity contribution in [3.05, 3.63) is 35.4 Å². The van der Waals surface area contributed by atoms with E-state index in [2.05, 4.69) is 48.8 Å². The summed E-state index contributed by atoms with van der Waals surface area (Å²) in [6.07, 6.45) is 2.54. The number of nitrogens with zero attached hydrogens (tertiary/aromatic N) is 1. The topological polar surface area (TPSA) is 20.3 Å². The van der Waals surface area contributed by atoms with E-state index in [1.165, 1.54) is 5.56 Å². The Hall–Kier alpha value is -0.830. The van der Waals surface area contributed by atoms with Gasteiger partial charge in [-0.2, -0.15) is 0 Å². The van der Waals surface area contributed by atoms with Crippen molar-refractivity contribution >= 4 is 21.8 Å². The summed E-state index contributed by atoms with van der Waals surface area (Å²) in [5.74, 6) is 0.235. The van der Waals surface area contributed by atoms with Gasteiger partial charge in [0.15, 0.2) is 0 Å². The highest BCUT2D eigenvalue weighted by Gasteiger charge is 2.20. The SMILES string of the molecule is CCC(CC)N(CCBr)C(=O)Cc1cccc(C)c1. The molecule has 3 heteroatoms. The highest BCUT2D eigenvalue weighted by atomic mass is 79.9. The standard InChI is InChI=1S/C16H24BrNO/c1-4-15(5-2)18(10-9-17)16(19)12-14-8-6-7-13(3)11-14/h6-8,11,15H,4-5,9-10,12H2,1-3H3. The van der Waals surface area contributed by atoms with E-state index in [1.807, 2.05) is 17.0 Å². The van der Waals surface area contributed by atoms with Gasteiger partial charge in [-0.25, -0.2) is 0 Å². The molecule has 0 aromatic heterocycles. The summed E-state index contributed by atoms with van der Waals surface area (Å²) in [6.45, 7) is 7.15. The normalized spacial score (nSPS) is 10.8. The van der Waals surface area contributed by atoms with Gasteiger partial charge < -0.3 is 4.90 Å². The molecule has 1 aromatic rings. The Labute approximate surface area is 125 Å². The van der Waals surface area contributed by atoms with Gasteiger partial charge in [-0.05, 0) is 25.3 Å². The Morgan fingerprint density at radius 1 is 1.32 bits per heavy atom. The molecule has 0 unspecified atom stereocenters. The molecule has 0 atom stereocenters. The second kappa shape index (κ2) is 8.36. The number of carbonyl (C=O) groups excluding carboxylic acids is 1. The molecule has 106 valence electrons. The van der Waals surface area contributed by atoms with Crippen LogP contribution < -0.4 is 0 Å². The quantitative estimate of drug-likeness (QED) is 0.695. The molecular formula is C16H24BrNO. The minimum absolute atomic E-state index is 0.235. The molecule has 1 aromatic carbocycles. The number of amides is 1. The average molecular weight is 326 g/mol. The van der Waals surface area contributed by atoms with Crippen molar-refractivity contribution in [2.75, 3.05) is 11.9 Å². The van der Waals surface area contributed by atoms with Gasteiger partial charge in [0.05, 0.1) is 6.42 Å². The lowest BCUT2D eigenvalue weighted by Gasteiger charge is -2.30. The van der Waals surface area contributed by atoms with Gasteiger partial charge in [-0.15, -0.1) is 0 Å². The third kappa shape index (κ3) is 4.98. The van der Waals surface area contributed by atoms with Gasteiger partial charge in [-0.1, -0.05) is 59.6 Å². The zero-order valence-corrected chi connectivity index (χ0v) is 13.7. The van der Waals surface area contributed by atoms with Crippen molar-refractivity contribution in [2.45, 2.75) is 46.1 Å². The van der Waals surface area contributed by atoms with Crippen LogP contribution in [0.2, 0.25) is 0 Å². The lowest BCUT2D eigenvalue weighted by molar-refractivity contribution is -0.132. The third-order valence-corrected chi connectivity index (χ3v) is 3.82. The maximum atomic E-state index is 12.5. The largest absolute Gasteiger partial charge is 0.339 e. The number of aryl methyl sites for hydroxylation is 1. The van der Waals surface area contributed by atoms with Crippen molar-refractivity contribution in [3.63, 3.8) is 0 Å². The first kappa shape index (κ1) is 16.2. The molecule has 0 bridgehead atoms. The molecule has 19 heavy (non-hydrogen) atoms. The molecule has 0 N–H and O–H groups in total. The smallest absolute Gasteiger partial charge is 0.227 e. The minimum Gasteiger partial charge on any atom is -0.339 e. The molecule has 0 aliphatic heterocycles. The molecule has 0 saturated carbocycles. The van der Waals surface area contributed by atoms with Gasteiger partial charge >= 0.3 is 0 Å². The van der Waals surface area contributed by atoms with E-state index in [-0.39, 0.29) is 5.91 Å². The van der Waals surface area contributed by atoms with E-state index in [9.17, 15) is 4.79 Å². The van der Waals surface area contributed by atoms with Crippen LogP contribution in [0.5, 0.6) is 0 Å². The van der Waals surface area contributed by atoms with Gasteiger partial charge in [0, 0.05) is 17.9 Å². The van der Waals surface area contributed by atoms with Gasteiger partial charge in [0.1, 0.15) is 0 Å². The Morgan fingerprint density at radius 3 is 2.53 bits per heavy atom. The highest BCUT2D eigenvalue weighted by Crippen LogP contribution is 2.13. The van der Waals surface area contributed by atoms with Crippen LogP contribution in [0.3, 0.4) is 0 Å². The van der Waals surface area contributed by atoms with E-state index < -0.39 is 0 Å². The molecule has 0 radical (unpaired) electrons. The van der Waals surface area contributed by atoms with Gasteiger partial charge in [0.25, 0.3) is 0 Å². The minimum atomic E-state index is 0.235. The van der Waals surface area contributed by atoms with Crippen molar-refractivity contribution in [3.8, 4) is 0 Å². The van der Waals surface area contributed by atoms with E-state index >= 15 is 0 Å². The van der Waals surface area contributed by atoms with Crippen molar-refractivity contribution < 1.29 is 4.79 Å². The van der Waals surface area contributed by atoms with Crippen LogP contribution in [0.15, 0.2) is 24.3 Å². The molecule has 0 aliphatic carbocycles. The maximum absolute atomic E-state index is 12.5. The first-order valence-corrected chi connectivity index (χ1v) is 8.15.